The molecule has 0 amide bonds. The zero-order valence-corrected chi connectivity index (χ0v) is 20.5. The summed E-state index contributed by atoms with van der Waals surface area (Å²) in [6, 6.07) is 15.2. The SMILES string of the molecule is CCNC(=NCc1cccc(CS(=O)(=O)NC)c1)NCCc1ccccc1Cl.I. The van der Waals surface area contributed by atoms with E-state index in [-0.39, 0.29) is 29.7 Å². The van der Waals surface area contributed by atoms with E-state index in [1.807, 2.05) is 49.4 Å². The number of aliphatic imine (C=N–C) groups is 1. The standard InChI is InChI=1S/C20H27ClN4O2S.HI/c1-3-23-20(24-12-11-18-9-4-5-10-19(18)21)25-14-16-7-6-8-17(13-16)15-28(26,27)22-2;/h4-10,13,22H,3,11-12,14-15H2,1-2H3,(H2,23,24,25);1H. The fraction of sp³-hybridized carbons (Fsp3) is 0.350. The highest BCUT2D eigenvalue weighted by Crippen LogP contribution is 2.14. The number of guanidine groups is 1. The van der Waals surface area contributed by atoms with Gasteiger partial charge >= 0.3 is 0 Å². The van der Waals surface area contributed by atoms with Crippen molar-refractivity contribution in [1.82, 2.24) is 15.4 Å². The Hall–Kier alpha value is -1.36. The van der Waals surface area contributed by atoms with Crippen LogP contribution in [0.15, 0.2) is 53.5 Å². The van der Waals surface area contributed by atoms with Crippen molar-refractivity contribution in [3.8, 4) is 0 Å². The summed E-state index contributed by atoms with van der Waals surface area (Å²) in [6.45, 7) is 3.91. The maximum Gasteiger partial charge on any atom is 0.215 e. The molecule has 0 radical (unpaired) electrons. The second kappa shape index (κ2) is 13.0. The molecule has 0 heterocycles. The van der Waals surface area contributed by atoms with Gasteiger partial charge in [-0.05, 0) is 43.1 Å². The van der Waals surface area contributed by atoms with E-state index in [0.717, 1.165) is 34.7 Å². The van der Waals surface area contributed by atoms with Gasteiger partial charge in [0.2, 0.25) is 10.0 Å². The number of nitrogens with one attached hydrogen (secondary N) is 3. The molecule has 0 aliphatic rings. The maximum absolute atomic E-state index is 11.7. The predicted molar refractivity (Wildman–Crippen MR) is 132 cm³/mol. The summed E-state index contributed by atoms with van der Waals surface area (Å²) in [5.74, 6) is 0.666. The van der Waals surface area contributed by atoms with E-state index < -0.39 is 10.0 Å². The quantitative estimate of drug-likeness (QED) is 0.254. The number of sulfonamides is 1. The fourth-order valence-electron chi connectivity index (χ4n) is 2.64. The molecule has 0 bridgehead atoms. The molecule has 160 valence electrons. The van der Waals surface area contributed by atoms with E-state index in [9.17, 15) is 8.42 Å². The van der Waals surface area contributed by atoms with E-state index in [2.05, 4.69) is 20.3 Å². The lowest BCUT2D eigenvalue weighted by Gasteiger charge is -2.12. The lowest BCUT2D eigenvalue weighted by Crippen LogP contribution is -2.38. The third-order valence-electron chi connectivity index (χ3n) is 4.07. The molecule has 0 saturated heterocycles. The van der Waals surface area contributed by atoms with Crippen molar-refractivity contribution in [3.63, 3.8) is 0 Å². The van der Waals surface area contributed by atoms with Crippen molar-refractivity contribution < 1.29 is 8.42 Å². The van der Waals surface area contributed by atoms with Crippen LogP contribution in [0.2, 0.25) is 5.02 Å². The van der Waals surface area contributed by atoms with Gasteiger partial charge in [-0.2, -0.15) is 0 Å². The minimum Gasteiger partial charge on any atom is -0.357 e. The van der Waals surface area contributed by atoms with Crippen LogP contribution in [0, 0.1) is 0 Å². The fourth-order valence-corrected chi connectivity index (χ4v) is 3.63. The maximum atomic E-state index is 11.7. The second-order valence-electron chi connectivity index (χ2n) is 6.25. The topological polar surface area (TPSA) is 82.6 Å². The molecule has 0 aromatic heterocycles. The molecule has 9 heteroatoms. The Kier molecular flexibility index (Phi) is 11.6. The molecule has 0 spiro atoms. The summed E-state index contributed by atoms with van der Waals surface area (Å²) in [6.07, 6.45) is 0.793. The zero-order chi connectivity index (χ0) is 20.4. The van der Waals surface area contributed by atoms with Gasteiger partial charge < -0.3 is 10.6 Å². The van der Waals surface area contributed by atoms with Crippen molar-refractivity contribution in [2.45, 2.75) is 25.6 Å². The number of hydrogen-bond donors (Lipinski definition) is 3. The average Bonchev–Trinajstić information content (AvgIpc) is 2.67. The summed E-state index contributed by atoms with van der Waals surface area (Å²) in [4.78, 5) is 4.59. The Labute approximate surface area is 195 Å². The van der Waals surface area contributed by atoms with Gasteiger partial charge in [0.25, 0.3) is 0 Å². The lowest BCUT2D eigenvalue weighted by molar-refractivity contribution is 0.587. The molecule has 2 rings (SSSR count). The highest BCUT2D eigenvalue weighted by molar-refractivity contribution is 14.0. The summed E-state index contributed by atoms with van der Waals surface area (Å²) >= 11 is 6.19. The second-order valence-corrected chi connectivity index (χ2v) is 8.58. The van der Waals surface area contributed by atoms with Gasteiger partial charge in [-0.3, -0.25) is 0 Å². The Morgan fingerprint density at radius 3 is 2.48 bits per heavy atom. The average molecular weight is 551 g/mol. The van der Waals surface area contributed by atoms with E-state index in [4.69, 9.17) is 11.6 Å². The van der Waals surface area contributed by atoms with Gasteiger partial charge in [-0.1, -0.05) is 54.1 Å². The van der Waals surface area contributed by atoms with Crippen LogP contribution in [0.5, 0.6) is 0 Å². The zero-order valence-electron chi connectivity index (χ0n) is 16.6. The highest BCUT2D eigenvalue weighted by Gasteiger charge is 2.09. The molecule has 0 unspecified atom stereocenters. The number of rotatable bonds is 9. The molecule has 0 aliphatic heterocycles. The minimum atomic E-state index is -3.29. The summed E-state index contributed by atoms with van der Waals surface area (Å²) in [7, 11) is -1.88. The van der Waals surface area contributed by atoms with Crippen molar-refractivity contribution in [2.75, 3.05) is 20.1 Å². The van der Waals surface area contributed by atoms with Crippen LogP contribution in [0.3, 0.4) is 0 Å². The molecule has 2 aromatic rings. The van der Waals surface area contributed by atoms with Crippen LogP contribution in [0.1, 0.15) is 23.6 Å². The Morgan fingerprint density at radius 2 is 1.79 bits per heavy atom. The first kappa shape index (κ1) is 25.7. The highest BCUT2D eigenvalue weighted by atomic mass is 127. The first-order valence-corrected chi connectivity index (χ1v) is 11.2. The molecular formula is C20H28ClIN4O2S. The molecule has 0 saturated carbocycles. The lowest BCUT2D eigenvalue weighted by atomic mass is 10.1. The number of halogens is 2. The summed E-state index contributed by atoms with van der Waals surface area (Å²) < 4.78 is 25.8. The number of nitrogens with zero attached hydrogens (tertiary/aromatic N) is 1. The van der Waals surface area contributed by atoms with Crippen LogP contribution >= 0.6 is 35.6 Å². The van der Waals surface area contributed by atoms with Crippen LogP contribution in [-0.2, 0) is 28.7 Å². The van der Waals surface area contributed by atoms with Gasteiger partial charge in [0.1, 0.15) is 0 Å². The first-order chi connectivity index (χ1) is 13.4. The van der Waals surface area contributed by atoms with E-state index in [1.54, 1.807) is 6.07 Å². The molecule has 3 N–H and O–H groups in total. The van der Waals surface area contributed by atoms with E-state index in [0.29, 0.717) is 19.0 Å². The summed E-state index contributed by atoms with van der Waals surface area (Å²) in [5, 5.41) is 7.28. The Balaban J connectivity index is 0.00000420. The van der Waals surface area contributed by atoms with Crippen molar-refractivity contribution in [2.24, 2.45) is 4.99 Å². The molecule has 0 atom stereocenters. The minimum absolute atomic E-state index is 0. The number of benzene rings is 2. The van der Waals surface area contributed by atoms with Gasteiger partial charge in [0, 0.05) is 18.1 Å². The molecule has 6 nitrogen and oxygen atoms in total. The molecule has 29 heavy (non-hydrogen) atoms. The first-order valence-electron chi connectivity index (χ1n) is 9.18. The Bertz CT molecular complexity index is 907. The third kappa shape index (κ3) is 9.33. The number of hydrogen-bond acceptors (Lipinski definition) is 3. The Morgan fingerprint density at radius 1 is 1.07 bits per heavy atom. The largest absolute Gasteiger partial charge is 0.357 e. The van der Waals surface area contributed by atoms with Crippen molar-refractivity contribution >= 4 is 51.6 Å². The van der Waals surface area contributed by atoms with Crippen LogP contribution < -0.4 is 15.4 Å². The van der Waals surface area contributed by atoms with Crippen LogP contribution in [0.4, 0.5) is 0 Å². The van der Waals surface area contributed by atoms with Crippen molar-refractivity contribution in [3.05, 3.63) is 70.2 Å². The van der Waals surface area contributed by atoms with Gasteiger partial charge in [0.05, 0.1) is 12.3 Å². The molecule has 2 aromatic carbocycles. The smallest absolute Gasteiger partial charge is 0.215 e. The molecule has 0 aliphatic carbocycles. The van der Waals surface area contributed by atoms with Crippen LogP contribution in [0.25, 0.3) is 0 Å². The molecular weight excluding hydrogens is 523 g/mol. The van der Waals surface area contributed by atoms with E-state index in [1.165, 1.54) is 7.05 Å². The third-order valence-corrected chi connectivity index (χ3v) is 5.77. The summed E-state index contributed by atoms with van der Waals surface area (Å²) in [5.41, 5.74) is 2.77. The predicted octanol–water partition coefficient (Wildman–Crippen LogP) is 3.31. The molecule has 0 fully saturated rings. The van der Waals surface area contributed by atoms with Crippen LogP contribution in [-0.4, -0.2) is 34.5 Å². The van der Waals surface area contributed by atoms with Crippen molar-refractivity contribution in [1.29, 1.82) is 0 Å². The van der Waals surface area contributed by atoms with E-state index >= 15 is 0 Å². The van der Waals surface area contributed by atoms with Gasteiger partial charge in [0.15, 0.2) is 5.96 Å². The van der Waals surface area contributed by atoms with Gasteiger partial charge in [-0.15, -0.1) is 24.0 Å². The van der Waals surface area contributed by atoms with Gasteiger partial charge in [-0.25, -0.2) is 18.1 Å². The monoisotopic (exact) mass is 550 g/mol. The normalized spacial score (nSPS) is 11.6.